The molecule has 1 N–H and O–H groups in total. The van der Waals surface area contributed by atoms with Crippen LogP contribution in [0.25, 0.3) is 11.1 Å². The van der Waals surface area contributed by atoms with E-state index >= 15 is 0 Å². The molecule has 0 aromatic heterocycles. The van der Waals surface area contributed by atoms with Crippen molar-refractivity contribution in [3.63, 3.8) is 0 Å². The number of aliphatic hydroxyl groups is 1. The van der Waals surface area contributed by atoms with E-state index in [0.29, 0.717) is 16.7 Å². The van der Waals surface area contributed by atoms with Crippen molar-refractivity contribution in [3.8, 4) is 17.2 Å². The van der Waals surface area contributed by atoms with Gasteiger partial charge in [-0.3, -0.25) is 4.79 Å². The van der Waals surface area contributed by atoms with Crippen LogP contribution < -0.4 is 0 Å². The largest absolute Gasteiger partial charge is 0.457 e. The van der Waals surface area contributed by atoms with Crippen molar-refractivity contribution >= 4 is 11.9 Å². The van der Waals surface area contributed by atoms with Gasteiger partial charge < -0.3 is 14.7 Å². The zero-order valence-electron chi connectivity index (χ0n) is 18.8. The lowest BCUT2D eigenvalue weighted by Gasteiger charge is -2.26. The number of carbonyl (C=O) groups is 2. The maximum Gasteiger partial charge on any atom is 0.338 e. The molecule has 3 aromatic rings. The maximum absolute atomic E-state index is 14.2. The molecule has 0 saturated heterocycles. The highest BCUT2D eigenvalue weighted by molar-refractivity contribution is 5.94. The molecule has 0 fully saturated rings. The second-order valence-corrected chi connectivity index (χ2v) is 8.26. The van der Waals surface area contributed by atoms with Crippen molar-refractivity contribution in [3.05, 3.63) is 93.8 Å². The van der Waals surface area contributed by atoms with E-state index in [0.717, 1.165) is 22.3 Å². The van der Waals surface area contributed by atoms with E-state index < -0.39 is 11.9 Å². The zero-order chi connectivity index (χ0) is 24.4. The highest BCUT2D eigenvalue weighted by atomic mass is 19.1. The number of amides is 1. The fourth-order valence-corrected chi connectivity index (χ4v) is 4.26. The summed E-state index contributed by atoms with van der Waals surface area (Å²) in [5.41, 5.74) is 4.72. The van der Waals surface area contributed by atoms with Gasteiger partial charge in [0, 0.05) is 19.0 Å². The smallest absolute Gasteiger partial charge is 0.338 e. The van der Waals surface area contributed by atoms with Gasteiger partial charge in [-0.15, -0.1) is 0 Å². The summed E-state index contributed by atoms with van der Waals surface area (Å²) in [6.45, 7) is 3.67. The van der Waals surface area contributed by atoms with Crippen LogP contribution in [-0.4, -0.2) is 28.4 Å². The van der Waals surface area contributed by atoms with Gasteiger partial charge in [0.25, 0.3) is 0 Å². The Bertz CT molecular complexity index is 1330. The second-order valence-electron chi connectivity index (χ2n) is 8.26. The Morgan fingerprint density at radius 3 is 2.68 bits per heavy atom. The lowest BCUT2D eigenvalue weighted by molar-refractivity contribution is -0.131. The van der Waals surface area contributed by atoms with E-state index in [9.17, 15) is 19.1 Å². The topological polar surface area (TPSA) is 90.6 Å². The third-order valence-electron chi connectivity index (χ3n) is 6.18. The summed E-state index contributed by atoms with van der Waals surface area (Å²) < 4.78 is 19.3. The zero-order valence-corrected chi connectivity index (χ0v) is 18.8. The molecule has 4 rings (SSSR count). The van der Waals surface area contributed by atoms with Gasteiger partial charge in [-0.05, 0) is 52.9 Å². The van der Waals surface area contributed by atoms with Crippen LogP contribution in [-0.2, 0) is 22.7 Å². The number of benzene rings is 3. The van der Waals surface area contributed by atoms with Crippen LogP contribution in [0.1, 0.15) is 51.2 Å². The van der Waals surface area contributed by atoms with Crippen molar-refractivity contribution in [2.75, 3.05) is 6.54 Å². The molecule has 1 heterocycles. The number of nitrogens with zero attached hydrogens (tertiary/aromatic N) is 2. The lowest BCUT2D eigenvalue weighted by atomic mass is 9.94. The Labute approximate surface area is 196 Å². The van der Waals surface area contributed by atoms with Crippen molar-refractivity contribution < 1.29 is 23.8 Å². The summed E-state index contributed by atoms with van der Waals surface area (Å²) in [5, 5.41) is 20.0. The van der Waals surface area contributed by atoms with Crippen molar-refractivity contribution in [2.45, 2.75) is 33.1 Å². The molecule has 3 aromatic carbocycles. The minimum atomic E-state index is -0.968. The summed E-state index contributed by atoms with van der Waals surface area (Å²) in [6.07, 6.45) is -0.968. The van der Waals surface area contributed by atoms with Crippen LogP contribution in [0.5, 0.6) is 0 Å². The van der Waals surface area contributed by atoms with Crippen molar-refractivity contribution in [1.82, 2.24) is 4.90 Å². The molecule has 0 saturated carbocycles. The predicted octanol–water partition coefficient (Wildman–Crippen LogP) is 4.43. The number of rotatable bonds is 6. The number of ether oxygens (including phenoxy) is 1. The Morgan fingerprint density at radius 2 is 1.97 bits per heavy atom. The van der Waals surface area contributed by atoms with Crippen LogP contribution >= 0.6 is 0 Å². The molecule has 1 aliphatic rings. The first kappa shape index (κ1) is 23.1. The average Bonchev–Trinajstić information content (AvgIpc) is 3.20. The molecule has 0 spiro atoms. The first-order valence-electron chi connectivity index (χ1n) is 10.8. The van der Waals surface area contributed by atoms with Crippen LogP contribution in [0.4, 0.5) is 4.39 Å². The van der Waals surface area contributed by atoms with Gasteiger partial charge in [0.1, 0.15) is 18.5 Å². The second kappa shape index (κ2) is 9.46. The number of esters is 1. The summed E-state index contributed by atoms with van der Waals surface area (Å²) in [5.74, 6) is -1.21. The number of nitriles is 1. The Morgan fingerprint density at radius 1 is 1.21 bits per heavy atom. The fraction of sp³-hybridized carbons (Fsp3) is 0.222. The van der Waals surface area contributed by atoms with E-state index in [2.05, 4.69) is 0 Å². The number of hydrogen-bond donors (Lipinski definition) is 1. The normalized spacial score (nSPS) is 13.1. The Balaban J connectivity index is 1.60. The lowest BCUT2D eigenvalue weighted by Crippen LogP contribution is -2.33. The maximum atomic E-state index is 14.2. The number of cyclic esters (lactones) is 1. The van der Waals surface area contributed by atoms with Gasteiger partial charge in [0.2, 0.25) is 5.91 Å². The van der Waals surface area contributed by atoms with Gasteiger partial charge in [-0.25, -0.2) is 9.18 Å². The standard InChI is InChI=1S/C27H23FN2O4/c1-16-21(9-10-23-24(16)15-34-27(23)33)26(32)14-30(17(2)31)13-20-5-3-4-6-22(20)18-7-8-19(12-29)25(28)11-18/h3-11,26,32H,13-15H2,1-2H3. The number of fused-ring (bicyclic) bond motifs is 1. The first-order valence-corrected chi connectivity index (χ1v) is 10.8. The highest BCUT2D eigenvalue weighted by Crippen LogP contribution is 2.31. The van der Waals surface area contributed by atoms with E-state index in [1.165, 1.54) is 24.0 Å². The van der Waals surface area contributed by atoms with Gasteiger partial charge >= 0.3 is 5.97 Å². The van der Waals surface area contributed by atoms with Crippen LogP contribution in [0.2, 0.25) is 0 Å². The molecule has 1 unspecified atom stereocenters. The monoisotopic (exact) mass is 458 g/mol. The molecule has 6 nitrogen and oxygen atoms in total. The fourth-order valence-electron chi connectivity index (χ4n) is 4.26. The summed E-state index contributed by atoms with van der Waals surface area (Å²) in [7, 11) is 0. The molecule has 1 amide bonds. The van der Waals surface area contributed by atoms with Crippen molar-refractivity contribution in [1.29, 1.82) is 5.26 Å². The van der Waals surface area contributed by atoms with E-state index in [1.807, 2.05) is 37.3 Å². The molecule has 0 radical (unpaired) electrons. The molecule has 172 valence electrons. The molecule has 34 heavy (non-hydrogen) atoms. The molecule has 7 heteroatoms. The summed E-state index contributed by atoms with van der Waals surface area (Å²) >= 11 is 0. The van der Waals surface area contributed by atoms with Gasteiger partial charge in [-0.2, -0.15) is 5.26 Å². The SMILES string of the molecule is CC(=O)N(Cc1ccccc1-c1ccc(C#N)c(F)c1)CC(O)c1ccc2c(c1C)COC2=O. The van der Waals surface area contributed by atoms with Crippen molar-refractivity contribution in [2.24, 2.45) is 0 Å². The third kappa shape index (κ3) is 4.41. The third-order valence-corrected chi connectivity index (χ3v) is 6.18. The van der Waals surface area contributed by atoms with E-state index in [1.54, 1.807) is 18.2 Å². The van der Waals surface area contributed by atoms with E-state index in [4.69, 9.17) is 10.00 Å². The quantitative estimate of drug-likeness (QED) is 0.552. The first-order chi connectivity index (χ1) is 16.3. The minimum Gasteiger partial charge on any atom is -0.457 e. The average molecular weight is 458 g/mol. The molecule has 1 atom stereocenters. The van der Waals surface area contributed by atoms with E-state index in [-0.39, 0.29) is 37.1 Å². The molecule has 1 aliphatic heterocycles. The van der Waals surface area contributed by atoms with Gasteiger partial charge in [0.15, 0.2) is 0 Å². The molecule has 0 aliphatic carbocycles. The number of halogens is 1. The summed E-state index contributed by atoms with van der Waals surface area (Å²) in [4.78, 5) is 25.8. The highest BCUT2D eigenvalue weighted by Gasteiger charge is 2.27. The molecular formula is C27H23FN2O4. The number of carbonyl (C=O) groups excluding carboxylic acids is 2. The predicted molar refractivity (Wildman–Crippen MR) is 123 cm³/mol. The molecule has 0 bridgehead atoms. The number of aliphatic hydroxyl groups excluding tert-OH is 1. The summed E-state index contributed by atoms with van der Waals surface area (Å²) in [6, 6.07) is 16.9. The number of hydrogen-bond acceptors (Lipinski definition) is 5. The van der Waals surface area contributed by atoms with Crippen LogP contribution in [0.15, 0.2) is 54.6 Å². The molecular weight excluding hydrogens is 435 g/mol. The Hall–Kier alpha value is -4.02. The van der Waals surface area contributed by atoms with Gasteiger partial charge in [-0.1, -0.05) is 36.4 Å². The van der Waals surface area contributed by atoms with Gasteiger partial charge in [0.05, 0.1) is 23.8 Å². The van der Waals surface area contributed by atoms with Crippen LogP contribution in [0.3, 0.4) is 0 Å². The minimum absolute atomic E-state index is 0.0356. The van der Waals surface area contributed by atoms with Crippen LogP contribution in [0, 0.1) is 24.1 Å². The Kier molecular flexibility index (Phi) is 6.44.